The van der Waals surface area contributed by atoms with Gasteiger partial charge in [0.15, 0.2) is 0 Å². The monoisotopic (exact) mass is 326 g/mol. The highest BCUT2D eigenvalue weighted by Crippen LogP contribution is 2.20. The fraction of sp³-hybridized carbons (Fsp3) is 0.364. The Morgan fingerprint density at radius 3 is 2.04 bits per heavy atom. The maximum absolute atomic E-state index is 5.81. The normalized spacial score (nSPS) is 10.7. The van der Waals surface area contributed by atoms with Gasteiger partial charge in [-0.05, 0) is 59.9 Å². The summed E-state index contributed by atoms with van der Waals surface area (Å²) in [7, 11) is 0. The van der Waals surface area contributed by atoms with Crippen molar-refractivity contribution in [1.82, 2.24) is 0 Å². The number of benzene rings is 2. The van der Waals surface area contributed by atoms with E-state index in [4.69, 9.17) is 11.6 Å². The molecule has 0 amide bonds. The Balaban J connectivity index is 1.66. The van der Waals surface area contributed by atoms with E-state index in [0.29, 0.717) is 5.88 Å². The number of allylic oxidation sites excluding steroid dienone is 1. The van der Waals surface area contributed by atoms with E-state index < -0.39 is 0 Å². The van der Waals surface area contributed by atoms with Gasteiger partial charge in [0.25, 0.3) is 0 Å². The number of rotatable bonds is 9. The van der Waals surface area contributed by atoms with Gasteiger partial charge in [0.05, 0.1) is 0 Å². The number of hydrogen-bond donors (Lipinski definition) is 0. The second kappa shape index (κ2) is 9.57. The first-order valence-corrected chi connectivity index (χ1v) is 9.17. The molecule has 23 heavy (non-hydrogen) atoms. The topological polar surface area (TPSA) is 0 Å². The van der Waals surface area contributed by atoms with Gasteiger partial charge in [0.2, 0.25) is 0 Å². The van der Waals surface area contributed by atoms with E-state index >= 15 is 0 Å². The fourth-order valence-corrected chi connectivity index (χ4v) is 2.94. The van der Waals surface area contributed by atoms with Crippen molar-refractivity contribution in [3.8, 4) is 0 Å². The highest BCUT2D eigenvalue weighted by atomic mass is 35.5. The molecule has 0 spiro atoms. The minimum Gasteiger partial charge on any atom is -0.122 e. The van der Waals surface area contributed by atoms with Crippen molar-refractivity contribution in [3.05, 3.63) is 77.4 Å². The van der Waals surface area contributed by atoms with Crippen LogP contribution in [0, 0.1) is 0 Å². The van der Waals surface area contributed by atoms with Gasteiger partial charge in [-0.15, -0.1) is 11.6 Å². The molecule has 1 heteroatoms. The highest BCUT2D eigenvalue weighted by molar-refractivity contribution is 6.17. The molecular formula is C22H27Cl. The molecule has 0 saturated carbocycles. The zero-order valence-corrected chi connectivity index (χ0v) is 14.9. The number of alkyl halides is 1. The van der Waals surface area contributed by atoms with Gasteiger partial charge in [0.1, 0.15) is 0 Å². The van der Waals surface area contributed by atoms with E-state index in [2.05, 4.69) is 62.0 Å². The lowest BCUT2D eigenvalue weighted by Crippen LogP contribution is -1.89. The fourth-order valence-electron chi connectivity index (χ4n) is 2.76. The van der Waals surface area contributed by atoms with Crippen molar-refractivity contribution in [2.75, 3.05) is 0 Å². The van der Waals surface area contributed by atoms with E-state index in [1.54, 1.807) is 0 Å². The van der Waals surface area contributed by atoms with Crippen LogP contribution in [0.15, 0.2) is 55.1 Å². The van der Waals surface area contributed by atoms with Crippen molar-refractivity contribution in [2.24, 2.45) is 0 Å². The lowest BCUT2D eigenvalue weighted by molar-refractivity contribution is 0.691. The van der Waals surface area contributed by atoms with E-state index in [-0.39, 0.29) is 0 Å². The summed E-state index contributed by atoms with van der Waals surface area (Å²) in [6, 6.07) is 17.5. The summed E-state index contributed by atoms with van der Waals surface area (Å²) in [6.45, 7) is 6.43. The third kappa shape index (κ3) is 5.88. The van der Waals surface area contributed by atoms with Gasteiger partial charge >= 0.3 is 0 Å². The van der Waals surface area contributed by atoms with Gasteiger partial charge in [-0.25, -0.2) is 0 Å². The summed E-state index contributed by atoms with van der Waals surface area (Å²) in [4.78, 5) is 0. The minimum absolute atomic E-state index is 0.599. The smallest absolute Gasteiger partial charge is 0.0474 e. The van der Waals surface area contributed by atoms with Crippen molar-refractivity contribution in [3.63, 3.8) is 0 Å². The number of hydrogen-bond acceptors (Lipinski definition) is 0. The second-order valence-corrected chi connectivity index (χ2v) is 6.43. The second-order valence-electron chi connectivity index (χ2n) is 6.16. The van der Waals surface area contributed by atoms with Gasteiger partial charge in [-0.3, -0.25) is 0 Å². The molecule has 0 aromatic heterocycles. The molecule has 0 saturated heterocycles. The van der Waals surface area contributed by atoms with E-state index in [1.807, 2.05) is 0 Å². The lowest BCUT2D eigenvalue weighted by Gasteiger charge is -2.07. The van der Waals surface area contributed by atoms with Crippen LogP contribution in [0.3, 0.4) is 0 Å². The molecule has 0 aliphatic carbocycles. The Morgan fingerprint density at radius 2 is 1.43 bits per heavy atom. The summed E-state index contributed by atoms with van der Waals surface area (Å²) in [5.41, 5.74) is 6.55. The Hall–Kier alpha value is -1.53. The van der Waals surface area contributed by atoms with Crippen LogP contribution >= 0.6 is 11.6 Å². The molecule has 0 atom stereocenters. The van der Waals surface area contributed by atoms with Gasteiger partial charge in [-0.2, -0.15) is 0 Å². The van der Waals surface area contributed by atoms with Crippen LogP contribution in [-0.4, -0.2) is 0 Å². The van der Waals surface area contributed by atoms with Crippen molar-refractivity contribution < 1.29 is 0 Å². The van der Waals surface area contributed by atoms with Gasteiger partial charge < -0.3 is 0 Å². The molecule has 0 aliphatic heterocycles. The average Bonchev–Trinajstić information content (AvgIpc) is 2.62. The van der Waals surface area contributed by atoms with Crippen LogP contribution < -0.4 is 0 Å². The third-order valence-corrected chi connectivity index (χ3v) is 4.70. The predicted octanol–water partition coefficient (Wildman–Crippen LogP) is 6.80. The van der Waals surface area contributed by atoms with Crippen LogP contribution in [0.25, 0.3) is 5.57 Å². The predicted molar refractivity (Wildman–Crippen MR) is 103 cm³/mol. The Morgan fingerprint density at radius 1 is 0.826 bits per heavy atom. The first-order chi connectivity index (χ1) is 11.2. The quantitative estimate of drug-likeness (QED) is 0.351. The largest absolute Gasteiger partial charge is 0.122 e. The molecule has 0 nitrogen and oxygen atoms in total. The van der Waals surface area contributed by atoms with E-state index in [0.717, 1.165) is 19.3 Å². The molecule has 0 fully saturated rings. The van der Waals surface area contributed by atoms with Crippen molar-refractivity contribution >= 4 is 17.2 Å². The van der Waals surface area contributed by atoms with Crippen molar-refractivity contribution in [1.29, 1.82) is 0 Å². The maximum Gasteiger partial charge on any atom is 0.0474 e. The molecular weight excluding hydrogens is 300 g/mol. The Labute approximate surface area is 146 Å². The maximum atomic E-state index is 5.81. The molecule has 0 unspecified atom stereocenters. The van der Waals surface area contributed by atoms with E-state index in [1.165, 1.54) is 47.1 Å². The molecule has 0 aliphatic rings. The summed E-state index contributed by atoms with van der Waals surface area (Å²) >= 11 is 5.81. The average molecular weight is 327 g/mol. The van der Waals surface area contributed by atoms with Crippen LogP contribution in [0.5, 0.6) is 0 Å². The van der Waals surface area contributed by atoms with E-state index in [9.17, 15) is 0 Å². The number of unbranched alkanes of at least 4 members (excludes halogenated alkanes) is 2. The van der Waals surface area contributed by atoms with Gasteiger partial charge in [0, 0.05) is 5.88 Å². The van der Waals surface area contributed by atoms with Crippen LogP contribution in [0.4, 0.5) is 0 Å². The summed E-state index contributed by atoms with van der Waals surface area (Å²) in [5, 5.41) is 0. The Bertz CT molecular complexity index is 593. The molecule has 0 bridgehead atoms. The molecule has 2 aromatic rings. The number of aryl methyl sites for hydroxylation is 2. The molecule has 0 heterocycles. The minimum atomic E-state index is 0.599. The zero-order valence-electron chi connectivity index (χ0n) is 14.2. The first kappa shape index (κ1) is 17.8. The summed E-state index contributed by atoms with van der Waals surface area (Å²) < 4.78 is 0. The summed E-state index contributed by atoms with van der Waals surface area (Å²) in [5.74, 6) is 0.599. The van der Waals surface area contributed by atoms with Crippen LogP contribution in [-0.2, 0) is 18.7 Å². The SMILES string of the molecule is C=C(CCCCCc1ccc(CCl)cc1)c1ccc(CC)cc1. The zero-order chi connectivity index (χ0) is 16.5. The standard InChI is InChI=1S/C22H27Cl/c1-3-19-13-15-22(16-14-19)18(2)7-5-4-6-8-20-9-11-21(17-23)12-10-20/h9-16H,2-8,17H2,1H3. The number of halogens is 1. The van der Waals surface area contributed by atoms with Crippen molar-refractivity contribution in [2.45, 2.75) is 51.3 Å². The molecule has 0 N–H and O–H groups in total. The molecule has 122 valence electrons. The lowest BCUT2D eigenvalue weighted by atomic mass is 9.98. The third-order valence-electron chi connectivity index (χ3n) is 4.39. The molecule has 2 aromatic carbocycles. The highest BCUT2D eigenvalue weighted by Gasteiger charge is 2.00. The molecule has 2 rings (SSSR count). The Kier molecular flexibility index (Phi) is 7.42. The van der Waals surface area contributed by atoms with Crippen LogP contribution in [0.1, 0.15) is 54.9 Å². The first-order valence-electron chi connectivity index (χ1n) is 8.63. The van der Waals surface area contributed by atoms with Crippen LogP contribution in [0.2, 0.25) is 0 Å². The molecule has 0 radical (unpaired) electrons. The summed E-state index contributed by atoms with van der Waals surface area (Å²) in [6.07, 6.45) is 7.05. The van der Waals surface area contributed by atoms with Gasteiger partial charge in [-0.1, -0.05) is 68.5 Å².